The van der Waals surface area contributed by atoms with E-state index in [0.717, 1.165) is 69.6 Å². The van der Waals surface area contributed by atoms with Crippen LogP contribution in [0.5, 0.6) is 5.75 Å². The van der Waals surface area contributed by atoms with Gasteiger partial charge in [0.1, 0.15) is 5.75 Å². The molecule has 3 rings (SSSR count). The third-order valence-electron chi connectivity index (χ3n) is 5.16. The molecule has 0 saturated carbocycles. The summed E-state index contributed by atoms with van der Waals surface area (Å²) in [6.45, 7) is 11.7. The lowest BCUT2D eigenvalue weighted by molar-refractivity contribution is 0.366. The number of benzene rings is 1. The van der Waals surface area contributed by atoms with E-state index in [0.29, 0.717) is 5.89 Å². The van der Waals surface area contributed by atoms with Gasteiger partial charge in [0.05, 0.1) is 7.11 Å². The molecule has 0 spiro atoms. The lowest BCUT2D eigenvalue weighted by Crippen LogP contribution is -2.52. The van der Waals surface area contributed by atoms with Crippen molar-refractivity contribution < 1.29 is 9.26 Å². The van der Waals surface area contributed by atoms with Crippen LogP contribution in [-0.2, 0) is 6.42 Å². The van der Waals surface area contributed by atoms with Gasteiger partial charge in [-0.15, -0.1) is 24.0 Å². The predicted octanol–water partition coefficient (Wildman–Crippen LogP) is 3.54. The van der Waals surface area contributed by atoms with Gasteiger partial charge in [-0.1, -0.05) is 19.0 Å². The summed E-state index contributed by atoms with van der Waals surface area (Å²) in [7, 11) is 1.69. The third-order valence-corrected chi connectivity index (χ3v) is 5.16. The van der Waals surface area contributed by atoms with Gasteiger partial charge in [0.25, 0.3) is 0 Å². The molecule has 0 amide bonds. The average Bonchev–Trinajstić information content (AvgIpc) is 3.25. The number of rotatable bonds is 8. The number of halogens is 1. The molecule has 9 heteroatoms. The number of aromatic nitrogens is 2. The standard InChI is InChI=1S/C22H34N6O2.HI/c1-5-23-22(24-12-6-7-20-25-21(17(2)3)26-30-20)28-15-13-27(14-16-28)18-8-10-19(29-4)11-9-18;/h8-11,17H,5-7,12-16H2,1-4H3,(H,23,24);1H. The lowest BCUT2D eigenvalue weighted by atomic mass is 10.2. The van der Waals surface area contributed by atoms with Gasteiger partial charge >= 0.3 is 0 Å². The highest BCUT2D eigenvalue weighted by Crippen LogP contribution is 2.20. The number of nitrogens with one attached hydrogen (secondary N) is 1. The van der Waals surface area contributed by atoms with E-state index in [2.05, 4.69) is 58.2 Å². The number of hydrogen-bond acceptors (Lipinski definition) is 6. The second kappa shape index (κ2) is 12.7. The van der Waals surface area contributed by atoms with Crippen molar-refractivity contribution in [3.63, 3.8) is 0 Å². The van der Waals surface area contributed by atoms with Crippen LogP contribution in [0.4, 0.5) is 5.69 Å². The van der Waals surface area contributed by atoms with Crippen molar-refractivity contribution in [3.8, 4) is 5.75 Å². The second-order valence-corrected chi connectivity index (χ2v) is 7.71. The number of aryl methyl sites for hydroxylation is 1. The minimum atomic E-state index is 0. The van der Waals surface area contributed by atoms with E-state index in [9.17, 15) is 0 Å². The van der Waals surface area contributed by atoms with Gasteiger partial charge in [-0.25, -0.2) is 0 Å². The molecule has 8 nitrogen and oxygen atoms in total. The first-order valence-corrected chi connectivity index (χ1v) is 10.9. The Hall–Kier alpha value is -2.04. The van der Waals surface area contributed by atoms with Crippen LogP contribution < -0.4 is 15.0 Å². The first kappa shape index (κ1) is 25.2. The summed E-state index contributed by atoms with van der Waals surface area (Å²) in [6, 6.07) is 8.27. The van der Waals surface area contributed by atoms with Crippen LogP contribution in [0.2, 0.25) is 0 Å². The Morgan fingerprint density at radius 1 is 1.19 bits per heavy atom. The summed E-state index contributed by atoms with van der Waals surface area (Å²) >= 11 is 0. The second-order valence-electron chi connectivity index (χ2n) is 7.71. The molecule has 0 bridgehead atoms. The number of hydrogen-bond donors (Lipinski definition) is 1. The number of aliphatic imine (C=N–C) groups is 1. The molecule has 1 aliphatic heterocycles. The summed E-state index contributed by atoms with van der Waals surface area (Å²) in [6.07, 6.45) is 1.65. The monoisotopic (exact) mass is 542 g/mol. The third kappa shape index (κ3) is 7.26. The van der Waals surface area contributed by atoms with Crippen LogP contribution in [0.3, 0.4) is 0 Å². The molecule has 0 atom stereocenters. The van der Waals surface area contributed by atoms with Crippen LogP contribution >= 0.6 is 24.0 Å². The maximum Gasteiger partial charge on any atom is 0.226 e. The molecule has 31 heavy (non-hydrogen) atoms. The molecule has 1 N–H and O–H groups in total. The highest BCUT2D eigenvalue weighted by Gasteiger charge is 2.20. The smallest absolute Gasteiger partial charge is 0.226 e. The number of nitrogens with zero attached hydrogens (tertiary/aromatic N) is 5. The number of guanidine groups is 1. The summed E-state index contributed by atoms with van der Waals surface area (Å²) in [5.41, 5.74) is 1.23. The molecule has 0 radical (unpaired) electrons. The minimum Gasteiger partial charge on any atom is -0.497 e. The van der Waals surface area contributed by atoms with Gasteiger partial charge < -0.3 is 24.4 Å². The van der Waals surface area contributed by atoms with E-state index in [-0.39, 0.29) is 29.9 Å². The van der Waals surface area contributed by atoms with Crippen LogP contribution in [0.1, 0.15) is 44.8 Å². The van der Waals surface area contributed by atoms with Gasteiger partial charge in [0.2, 0.25) is 5.89 Å². The highest BCUT2D eigenvalue weighted by molar-refractivity contribution is 14.0. The maximum absolute atomic E-state index is 5.32. The molecule has 1 aromatic heterocycles. The van der Waals surface area contributed by atoms with E-state index < -0.39 is 0 Å². The maximum atomic E-state index is 5.32. The first-order valence-electron chi connectivity index (χ1n) is 10.9. The molecular formula is C22H35IN6O2. The molecule has 0 unspecified atom stereocenters. The quantitative estimate of drug-likeness (QED) is 0.237. The summed E-state index contributed by atoms with van der Waals surface area (Å²) in [5.74, 6) is 3.64. The number of methoxy groups -OCH3 is 1. The van der Waals surface area contributed by atoms with Crippen molar-refractivity contribution in [1.29, 1.82) is 0 Å². The highest BCUT2D eigenvalue weighted by atomic mass is 127. The Morgan fingerprint density at radius 3 is 2.48 bits per heavy atom. The first-order chi connectivity index (χ1) is 14.6. The van der Waals surface area contributed by atoms with E-state index in [1.165, 1.54) is 5.69 Å². The van der Waals surface area contributed by atoms with Crippen molar-refractivity contribution in [1.82, 2.24) is 20.4 Å². The van der Waals surface area contributed by atoms with Crippen molar-refractivity contribution in [2.24, 2.45) is 4.99 Å². The largest absolute Gasteiger partial charge is 0.497 e. The van der Waals surface area contributed by atoms with Crippen molar-refractivity contribution in [2.75, 3.05) is 51.3 Å². The van der Waals surface area contributed by atoms with Gasteiger partial charge in [-0.05, 0) is 37.6 Å². The zero-order valence-electron chi connectivity index (χ0n) is 19.0. The SMILES string of the molecule is CCNC(=NCCCc1nc(C(C)C)no1)N1CCN(c2ccc(OC)cc2)CC1.I. The lowest BCUT2D eigenvalue weighted by Gasteiger charge is -2.37. The van der Waals surface area contributed by atoms with Gasteiger partial charge in [-0.3, -0.25) is 4.99 Å². The van der Waals surface area contributed by atoms with E-state index in [4.69, 9.17) is 14.3 Å². The fourth-order valence-corrected chi connectivity index (χ4v) is 3.41. The van der Waals surface area contributed by atoms with Gasteiger partial charge in [0.15, 0.2) is 11.8 Å². The Bertz CT molecular complexity index is 801. The fourth-order valence-electron chi connectivity index (χ4n) is 3.41. The Labute approximate surface area is 202 Å². The fraction of sp³-hybridized carbons (Fsp3) is 0.591. The van der Waals surface area contributed by atoms with Crippen LogP contribution in [0.25, 0.3) is 0 Å². The summed E-state index contributed by atoms with van der Waals surface area (Å²) < 4.78 is 10.6. The topological polar surface area (TPSA) is 79.0 Å². The van der Waals surface area contributed by atoms with Crippen molar-refractivity contribution >= 4 is 35.6 Å². The summed E-state index contributed by atoms with van der Waals surface area (Å²) in [5, 5.41) is 7.45. The molecule has 1 aliphatic rings. The minimum absolute atomic E-state index is 0. The zero-order chi connectivity index (χ0) is 21.3. The van der Waals surface area contributed by atoms with E-state index in [1.807, 2.05) is 12.1 Å². The van der Waals surface area contributed by atoms with Crippen molar-refractivity contribution in [3.05, 3.63) is 36.0 Å². The van der Waals surface area contributed by atoms with Gasteiger partial charge in [-0.2, -0.15) is 4.98 Å². The van der Waals surface area contributed by atoms with Crippen LogP contribution in [0.15, 0.2) is 33.8 Å². The van der Waals surface area contributed by atoms with Gasteiger partial charge in [0, 0.05) is 57.3 Å². The Balaban J connectivity index is 0.00000341. The molecule has 1 fully saturated rings. The van der Waals surface area contributed by atoms with Crippen molar-refractivity contribution in [2.45, 2.75) is 39.5 Å². The number of ether oxygens (including phenoxy) is 1. The Morgan fingerprint density at radius 2 is 1.90 bits per heavy atom. The summed E-state index contributed by atoms with van der Waals surface area (Å²) in [4.78, 5) is 14.0. The molecule has 1 saturated heterocycles. The van der Waals surface area contributed by atoms with Crippen LogP contribution in [-0.4, -0.2) is 67.4 Å². The normalized spacial score (nSPS) is 14.5. The van der Waals surface area contributed by atoms with E-state index in [1.54, 1.807) is 7.11 Å². The molecule has 0 aliphatic carbocycles. The number of piperazine rings is 1. The molecule has 2 heterocycles. The van der Waals surface area contributed by atoms with E-state index >= 15 is 0 Å². The van der Waals surface area contributed by atoms with Crippen LogP contribution in [0, 0.1) is 0 Å². The zero-order valence-corrected chi connectivity index (χ0v) is 21.3. The predicted molar refractivity (Wildman–Crippen MR) is 135 cm³/mol. The molecule has 172 valence electrons. The molecular weight excluding hydrogens is 507 g/mol. The average molecular weight is 542 g/mol. The molecule has 2 aromatic rings. The molecule has 1 aromatic carbocycles. The number of anilines is 1. The Kier molecular flexibility index (Phi) is 10.4.